The number of aliphatic hydroxyl groups is 1. The van der Waals surface area contributed by atoms with Crippen LogP contribution in [0.15, 0.2) is 11.8 Å². The molecule has 0 saturated heterocycles. The third-order valence-electron chi connectivity index (χ3n) is 2.25. The fourth-order valence-electron chi connectivity index (χ4n) is 1.19. The van der Waals surface area contributed by atoms with Gasteiger partial charge in [-0.25, -0.2) is 4.79 Å². The number of likely N-dealkylation sites (N-methyl/N-ethyl adjacent to an activating group) is 1. The summed E-state index contributed by atoms with van der Waals surface area (Å²) in [6.07, 6.45) is 1.61. The lowest BCUT2D eigenvalue weighted by molar-refractivity contribution is -0.138. The van der Waals surface area contributed by atoms with Gasteiger partial charge in [0.25, 0.3) is 0 Å². The molecular formula is C12H20N2O3. The van der Waals surface area contributed by atoms with Crippen LogP contribution in [0.3, 0.4) is 0 Å². The molecule has 0 aromatic heterocycles. The van der Waals surface area contributed by atoms with Gasteiger partial charge in [0, 0.05) is 19.3 Å². The summed E-state index contributed by atoms with van der Waals surface area (Å²) in [5.41, 5.74) is -0.0444. The minimum absolute atomic E-state index is 0.0444. The highest BCUT2D eigenvalue weighted by atomic mass is 16.5. The van der Waals surface area contributed by atoms with Gasteiger partial charge < -0.3 is 14.7 Å². The van der Waals surface area contributed by atoms with Crippen molar-refractivity contribution in [2.75, 3.05) is 19.7 Å². The summed E-state index contributed by atoms with van der Waals surface area (Å²) in [4.78, 5) is 13.1. The Morgan fingerprint density at radius 3 is 2.59 bits per heavy atom. The Hall–Kier alpha value is -1.54. The normalized spacial score (nSPS) is 12.8. The van der Waals surface area contributed by atoms with E-state index < -0.39 is 12.1 Å². The number of nitrogens with zero attached hydrogens (tertiary/aromatic N) is 2. The number of nitriles is 1. The molecule has 0 aliphatic carbocycles. The molecule has 0 fully saturated rings. The Balaban J connectivity index is 4.67. The van der Waals surface area contributed by atoms with Gasteiger partial charge in [0.05, 0.1) is 12.7 Å². The van der Waals surface area contributed by atoms with Crippen LogP contribution in [-0.4, -0.2) is 41.8 Å². The van der Waals surface area contributed by atoms with E-state index in [0.29, 0.717) is 19.5 Å². The lowest BCUT2D eigenvalue weighted by Gasteiger charge is -2.21. The minimum atomic E-state index is -0.626. The molecule has 0 spiro atoms. The van der Waals surface area contributed by atoms with Gasteiger partial charge in [-0.1, -0.05) is 6.92 Å². The highest BCUT2D eigenvalue weighted by Gasteiger charge is 2.13. The van der Waals surface area contributed by atoms with E-state index in [4.69, 9.17) is 10.00 Å². The van der Waals surface area contributed by atoms with Crippen LogP contribution in [0.5, 0.6) is 0 Å². The van der Waals surface area contributed by atoms with Crippen molar-refractivity contribution in [3.05, 3.63) is 11.8 Å². The van der Waals surface area contributed by atoms with E-state index >= 15 is 0 Å². The Morgan fingerprint density at radius 2 is 2.18 bits per heavy atom. The number of rotatable bonds is 7. The lowest BCUT2D eigenvalue weighted by Crippen LogP contribution is -2.28. The maximum Gasteiger partial charge on any atom is 0.350 e. The first-order chi connectivity index (χ1) is 8.08. The molecule has 96 valence electrons. The van der Waals surface area contributed by atoms with Gasteiger partial charge in [-0.15, -0.1) is 0 Å². The van der Waals surface area contributed by atoms with E-state index in [1.165, 1.54) is 6.20 Å². The number of aliphatic hydroxyl groups excluding tert-OH is 1. The second kappa shape index (κ2) is 8.59. The van der Waals surface area contributed by atoms with Crippen LogP contribution in [0, 0.1) is 11.3 Å². The zero-order chi connectivity index (χ0) is 13.3. The zero-order valence-corrected chi connectivity index (χ0v) is 10.6. The molecule has 0 aliphatic rings. The Labute approximate surface area is 102 Å². The van der Waals surface area contributed by atoms with E-state index in [-0.39, 0.29) is 12.2 Å². The Kier molecular flexibility index (Phi) is 7.82. The number of carbonyl (C=O) groups excluding carboxylic acids is 1. The van der Waals surface area contributed by atoms with E-state index in [9.17, 15) is 9.90 Å². The number of ether oxygens (including phenoxy) is 1. The molecule has 0 rings (SSSR count). The average Bonchev–Trinajstić information content (AvgIpc) is 2.34. The van der Waals surface area contributed by atoms with Crippen molar-refractivity contribution in [1.29, 1.82) is 5.26 Å². The van der Waals surface area contributed by atoms with E-state index in [2.05, 4.69) is 0 Å². The molecule has 0 aromatic rings. The van der Waals surface area contributed by atoms with Gasteiger partial charge in [-0.3, -0.25) is 0 Å². The van der Waals surface area contributed by atoms with E-state index in [1.807, 2.05) is 13.8 Å². The molecule has 0 heterocycles. The largest absolute Gasteiger partial charge is 0.462 e. The average molecular weight is 240 g/mol. The molecule has 1 N–H and O–H groups in total. The Bertz CT molecular complexity index is 307. The molecular weight excluding hydrogens is 220 g/mol. The van der Waals surface area contributed by atoms with Gasteiger partial charge in [0.2, 0.25) is 0 Å². The van der Waals surface area contributed by atoms with Crippen LogP contribution in [0.25, 0.3) is 0 Å². The molecule has 1 atom stereocenters. The topological polar surface area (TPSA) is 73.6 Å². The second-order valence-electron chi connectivity index (χ2n) is 3.52. The number of hydrogen-bond donors (Lipinski definition) is 1. The molecule has 0 aliphatic heterocycles. The predicted molar refractivity (Wildman–Crippen MR) is 63.9 cm³/mol. The molecule has 5 nitrogen and oxygen atoms in total. The number of carbonyl (C=O) groups is 1. The summed E-state index contributed by atoms with van der Waals surface area (Å²) in [7, 11) is 0. The van der Waals surface area contributed by atoms with Gasteiger partial charge in [-0.2, -0.15) is 5.26 Å². The fourth-order valence-corrected chi connectivity index (χ4v) is 1.19. The standard InChI is InChI=1S/C12H20N2O3/c1-4-11(15)9-14(5-2)8-10(7-13)12(16)17-6-3/h8,11,15H,4-6,9H2,1-3H3/b10-8+/t11-/m0/s1. The summed E-state index contributed by atoms with van der Waals surface area (Å²) < 4.78 is 4.75. The molecule has 0 saturated carbocycles. The SMILES string of the molecule is CCOC(=O)/C(C#N)=C/N(CC)C[C@@H](O)CC. The van der Waals surface area contributed by atoms with Crippen LogP contribution >= 0.6 is 0 Å². The predicted octanol–water partition coefficient (Wildman–Crippen LogP) is 1.05. The summed E-state index contributed by atoms with van der Waals surface area (Å²) in [5, 5.41) is 18.4. The van der Waals surface area contributed by atoms with Crippen LogP contribution in [0.4, 0.5) is 0 Å². The first-order valence-electron chi connectivity index (χ1n) is 5.80. The Morgan fingerprint density at radius 1 is 1.53 bits per heavy atom. The van der Waals surface area contributed by atoms with Crippen LogP contribution in [-0.2, 0) is 9.53 Å². The number of esters is 1. The van der Waals surface area contributed by atoms with Crippen molar-refractivity contribution in [3.63, 3.8) is 0 Å². The van der Waals surface area contributed by atoms with Crippen molar-refractivity contribution in [2.45, 2.75) is 33.3 Å². The third kappa shape index (κ3) is 5.93. The molecule has 0 amide bonds. The van der Waals surface area contributed by atoms with Crippen molar-refractivity contribution >= 4 is 5.97 Å². The van der Waals surface area contributed by atoms with Crippen LogP contribution < -0.4 is 0 Å². The lowest BCUT2D eigenvalue weighted by atomic mass is 10.2. The molecule has 0 unspecified atom stereocenters. The monoisotopic (exact) mass is 240 g/mol. The van der Waals surface area contributed by atoms with Gasteiger partial charge in [0.15, 0.2) is 5.57 Å². The quantitative estimate of drug-likeness (QED) is 0.409. The first-order valence-corrected chi connectivity index (χ1v) is 5.80. The molecule has 5 heteroatoms. The molecule has 17 heavy (non-hydrogen) atoms. The van der Waals surface area contributed by atoms with E-state index in [1.54, 1.807) is 17.9 Å². The fraction of sp³-hybridized carbons (Fsp3) is 0.667. The minimum Gasteiger partial charge on any atom is -0.462 e. The number of hydrogen-bond acceptors (Lipinski definition) is 5. The van der Waals surface area contributed by atoms with E-state index in [0.717, 1.165) is 0 Å². The maximum absolute atomic E-state index is 11.4. The van der Waals surface area contributed by atoms with Gasteiger partial charge >= 0.3 is 5.97 Å². The van der Waals surface area contributed by atoms with Crippen molar-refractivity contribution in [1.82, 2.24) is 4.90 Å². The van der Waals surface area contributed by atoms with Crippen molar-refractivity contribution in [2.24, 2.45) is 0 Å². The highest BCUT2D eigenvalue weighted by molar-refractivity contribution is 5.92. The zero-order valence-electron chi connectivity index (χ0n) is 10.6. The van der Waals surface area contributed by atoms with Gasteiger partial charge in [0.1, 0.15) is 6.07 Å². The van der Waals surface area contributed by atoms with Crippen LogP contribution in [0.1, 0.15) is 27.2 Å². The molecule has 0 aromatic carbocycles. The second-order valence-corrected chi connectivity index (χ2v) is 3.52. The van der Waals surface area contributed by atoms with Crippen molar-refractivity contribution < 1.29 is 14.6 Å². The molecule has 0 bridgehead atoms. The first kappa shape index (κ1) is 15.5. The summed E-state index contributed by atoms with van der Waals surface area (Å²) in [6, 6.07) is 1.81. The van der Waals surface area contributed by atoms with Crippen molar-refractivity contribution in [3.8, 4) is 6.07 Å². The third-order valence-corrected chi connectivity index (χ3v) is 2.25. The smallest absolute Gasteiger partial charge is 0.350 e. The van der Waals surface area contributed by atoms with Gasteiger partial charge in [-0.05, 0) is 20.3 Å². The summed E-state index contributed by atoms with van der Waals surface area (Å²) in [5.74, 6) is -0.626. The highest BCUT2D eigenvalue weighted by Crippen LogP contribution is 2.03. The summed E-state index contributed by atoms with van der Waals surface area (Å²) >= 11 is 0. The summed E-state index contributed by atoms with van der Waals surface area (Å²) in [6.45, 7) is 6.70. The molecule has 0 radical (unpaired) electrons. The van der Waals surface area contributed by atoms with Crippen LogP contribution in [0.2, 0.25) is 0 Å². The maximum atomic E-state index is 11.4.